The molecule has 2 aliphatic heterocycles. The van der Waals surface area contributed by atoms with Gasteiger partial charge in [-0.05, 0) is 33.8 Å². The van der Waals surface area contributed by atoms with Crippen LogP contribution in [0, 0.1) is 0 Å². The number of ether oxygens (including phenoxy) is 1. The standard InChI is InChI=1S/C12H19BN2O3/c1-11(2)12(3,4)18-13(17-11)9-5-7-14-15(9)10-6-8-16-10/h5,7,10H,6,8H2,1-4H3. The molecule has 1 aromatic rings. The molecule has 5 nitrogen and oxygen atoms in total. The van der Waals surface area contributed by atoms with Crippen molar-refractivity contribution in [2.45, 2.75) is 51.5 Å². The molecule has 98 valence electrons. The zero-order chi connectivity index (χ0) is 13.0. The fourth-order valence-corrected chi connectivity index (χ4v) is 2.13. The van der Waals surface area contributed by atoms with Gasteiger partial charge in [-0.2, -0.15) is 5.10 Å². The molecule has 3 rings (SSSR count). The number of aromatic nitrogens is 2. The topological polar surface area (TPSA) is 45.5 Å². The molecule has 0 radical (unpaired) electrons. The van der Waals surface area contributed by atoms with Crippen LogP contribution in [0.3, 0.4) is 0 Å². The molecule has 2 fully saturated rings. The van der Waals surface area contributed by atoms with Crippen molar-refractivity contribution in [3.8, 4) is 0 Å². The second kappa shape index (κ2) is 3.82. The maximum atomic E-state index is 6.03. The Labute approximate surface area is 108 Å². The third-order valence-electron chi connectivity index (χ3n) is 4.14. The largest absolute Gasteiger partial charge is 0.514 e. The van der Waals surface area contributed by atoms with Gasteiger partial charge in [-0.1, -0.05) is 0 Å². The van der Waals surface area contributed by atoms with Crippen molar-refractivity contribution in [2.24, 2.45) is 0 Å². The Balaban J connectivity index is 1.86. The van der Waals surface area contributed by atoms with Crippen LogP contribution in [0.15, 0.2) is 12.3 Å². The number of hydrogen-bond donors (Lipinski definition) is 0. The van der Waals surface area contributed by atoms with Crippen LogP contribution in [-0.2, 0) is 14.0 Å². The highest BCUT2D eigenvalue weighted by Crippen LogP contribution is 2.36. The van der Waals surface area contributed by atoms with Gasteiger partial charge in [0.15, 0.2) is 6.23 Å². The summed E-state index contributed by atoms with van der Waals surface area (Å²) < 4.78 is 19.4. The van der Waals surface area contributed by atoms with Gasteiger partial charge in [-0.25, -0.2) is 4.68 Å². The van der Waals surface area contributed by atoms with E-state index < -0.39 is 0 Å². The minimum atomic E-state index is -0.373. The van der Waals surface area contributed by atoms with Crippen molar-refractivity contribution in [1.29, 1.82) is 0 Å². The summed E-state index contributed by atoms with van der Waals surface area (Å²) in [7, 11) is -0.373. The van der Waals surface area contributed by atoms with Gasteiger partial charge in [-0.3, -0.25) is 0 Å². The molecule has 0 saturated carbocycles. The molecule has 1 aromatic heterocycles. The van der Waals surface area contributed by atoms with Gasteiger partial charge in [0.1, 0.15) is 0 Å². The van der Waals surface area contributed by atoms with Crippen molar-refractivity contribution in [3.05, 3.63) is 12.3 Å². The van der Waals surface area contributed by atoms with Crippen molar-refractivity contribution < 1.29 is 14.0 Å². The predicted molar refractivity (Wildman–Crippen MR) is 67.5 cm³/mol. The average Bonchev–Trinajstić information content (AvgIpc) is 2.68. The van der Waals surface area contributed by atoms with E-state index in [1.165, 1.54) is 0 Å². The Morgan fingerprint density at radius 2 is 1.89 bits per heavy atom. The molecule has 1 atom stereocenters. The van der Waals surface area contributed by atoms with Crippen molar-refractivity contribution in [1.82, 2.24) is 9.78 Å². The minimum absolute atomic E-state index is 0.0361. The van der Waals surface area contributed by atoms with Gasteiger partial charge < -0.3 is 14.0 Å². The monoisotopic (exact) mass is 250 g/mol. The summed E-state index contributed by atoms with van der Waals surface area (Å²) in [6, 6.07) is 1.93. The first-order chi connectivity index (χ1) is 8.41. The maximum absolute atomic E-state index is 6.03. The van der Waals surface area contributed by atoms with Gasteiger partial charge in [0.2, 0.25) is 0 Å². The quantitative estimate of drug-likeness (QED) is 0.737. The Bertz CT molecular complexity index is 438. The lowest BCUT2D eigenvalue weighted by atomic mass is 9.84. The van der Waals surface area contributed by atoms with Crippen LogP contribution in [0.2, 0.25) is 0 Å². The molecule has 2 aliphatic rings. The Kier molecular flexibility index (Phi) is 2.59. The molecule has 0 aliphatic carbocycles. The van der Waals surface area contributed by atoms with E-state index in [0.717, 1.165) is 18.6 Å². The van der Waals surface area contributed by atoms with Crippen molar-refractivity contribution in [2.75, 3.05) is 6.61 Å². The first-order valence-electron chi connectivity index (χ1n) is 6.41. The van der Waals surface area contributed by atoms with Crippen LogP contribution in [0.25, 0.3) is 0 Å². The molecule has 0 N–H and O–H groups in total. The number of hydrogen-bond acceptors (Lipinski definition) is 4. The number of rotatable bonds is 2. The average molecular weight is 250 g/mol. The van der Waals surface area contributed by atoms with Gasteiger partial charge in [-0.15, -0.1) is 0 Å². The van der Waals surface area contributed by atoms with Gasteiger partial charge in [0, 0.05) is 12.6 Å². The van der Waals surface area contributed by atoms with E-state index in [0.29, 0.717) is 0 Å². The first-order valence-corrected chi connectivity index (χ1v) is 6.41. The summed E-state index contributed by atoms with van der Waals surface area (Å²) in [5.74, 6) is 0. The molecule has 18 heavy (non-hydrogen) atoms. The molecule has 2 saturated heterocycles. The van der Waals surface area contributed by atoms with Crippen LogP contribution in [0.4, 0.5) is 0 Å². The number of nitrogens with zero attached hydrogens (tertiary/aromatic N) is 2. The fourth-order valence-electron chi connectivity index (χ4n) is 2.13. The van der Waals surface area contributed by atoms with E-state index in [2.05, 4.69) is 5.10 Å². The Morgan fingerprint density at radius 3 is 2.39 bits per heavy atom. The zero-order valence-electron chi connectivity index (χ0n) is 11.3. The minimum Gasteiger partial charge on any atom is -0.398 e. The summed E-state index contributed by atoms with van der Waals surface area (Å²) in [5.41, 5.74) is 0.277. The van der Waals surface area contributed by atoms with Gasteiger partial charge in [0.25, 0.3) is 0 Å². The van der Waals surface area contributed by atoms with Gasteiger partial charge in [0.05, 0.1) is 23.4 Å². The molecule has 3 heterocycles. The molecule has 0 spiro atoms. The Hall–Kier alpha value is -0.845. The van der Waals surface area contributed by atoms with E-state index >= 15 is 0 Å². The van der Waals surface area contributed by atoms with Crippen LogP contribution in [0.5, 0.6) is 0 Å². The van der Waals surface area contributed by atoms with E-state index in [9.17, 15) is 0 Å². The summed E-state index contributed by atoms with van der Waals surface area (Å²) in [6.45, 7) is 9.00. The fraction of sp³-hybridized carbons (Fsp3) is 0.750. The summed E-state index contributed by atoms with van der Waals surface area (Å²) in [4.78, 5) is 0. The molecule has 0 amide bonds. The lowest BCUT2D eigenvalue weighted by molar-refractivity contribution is -0.105. The zero-order valence-corrected chi connectivity index (χ0v) is 11.3. The van der Waals surface area contributed by atoms with Crippen LogP contribution in [0.1, 0.15) is 40.3 Å². The molecular formula is C12H19BN2O3. The van der Waals surface area contributed by atoms with Crippen LogP contribution < -0.4 is 5.59 Å². The third-order valence-corrected chi connectivity index (χ3v) is 4.14. The highest BCUT2D eigenvalue weighted by molar-refractivity contribution is 6.61. The highest BCUT2D eigenvalue weighted by atomic mass is 16.7. The molecular weight excluding hydrogens is 231 g/mol. The maximum Gasteiger partial charge on any atom is 0.514 e. The summed E-state index contributed by atoms with van der Waals surface area (Å²) in [5, 5.41) is 4.31. The van der Waals surface area contributed by atoms with Crippen LogP contribution >= 0.6 is 0 Å². The van der Waals surface area contributed by atoms with E-state index in [1.54, 1.807) is 6.20 Å². The Morgan fingerprint density at radius 1 is 1.28 bits per heavy atom. The first kappa shape index (κ1) is 12.2. The van der Waals surface area contributed by atoms with E-state index in [4.69, 9.17) is 14.0 Å². The second-order valence-electron chi connectivity index (χ2n) is 5.90. The second-order valence-corrected chi connectivity index (χ2v) is 5.90. The predicted octanol–water partition coefficient (Wildman–Crippen LogP) is 1.10. The molecule has 0 aromatic carbocycles. The van der Waals surface area contributed by atoms with Crippen molar-refractivity contribution >= 4 is 12.7 Å². The van der Waals surface area contributed by atoms with Crippen LogP contribution in [-0.4, -0.2) is 34.7 Å². The molecule has 1 unspecified atom stereocenters. The normalized spacial score (nSPS) is 29.3. The SMILES string of the molecule is CC1(C)OB(c2ccnn2C2CCO2)OC1(C)C. The third kappa shape index (κ3) is 1.71. The molecule has 6 heteroatoms. The molecule has 0 bridgehead atoms. The summed E-state index contributed by atoms with van der Waals surface area (Å²) in [6.07, 6.45) is 2.80. The van der Waals surface area contributed by atoms with E-state index in [1.807, 2.05) is 38.4 Å². The highest BCUT2D eigenvalue weighted by Gasteiger charge is 2.53. The van der Waals surface area contributed by atoms with E-state index in [-0.39, 0.29) is 24.5 Å². The van der Waals surface area contributed by atoms with Gasteiger partial charge >= 0.3 is 7.12 Å². The lowest BCUT2D eigenvalue weighted by Gasteiger charge is -2.32. The lowest BCUT2D eigenvalue weighted by Crippen LogP contribution is -2.43. The smallest absolute Gasteiger partial charge is 0.398 e. The summed E-state index contributed by atoms with van der Waals surface area (Å²) >= 11 is 0. The van der Waals surface area contributed by atoms with Crippen molar-refractivity contribution in [3.63, 3.8) is 0 Å².